The van der Waals surface area contributed by atoms with E-state index in [-0.39, 0.29) is 24.4 Å². The summed E-state index contributed by atoms with van der Waals surface area (Å²) < 4.78 is 46.3. The van der Waals surface area contributed by atoms with Gasteiger partial charge in [0.25, 0.3) is 6.43 Å². The van der Waals surface area contributed by atoms with Gasteiger partial charge >= 0.3 is 0 Å². The molecule has 1 amide bonds. The number of aromatic nitrogens is 3. The second-order valence-electron chi connectivity index (χ2n) is 9.16. The Morgan fingerprint density at radius 1 is 1.03 bits per heavy atom. The number of halogens is 3. The van der Waals surface area contributed by atoms with Gasteiger partial charge in [0.1, 0.15) is 23.3 Å². The van der Waals surface area contributed by atoms with E-state index in [1.54, 1.807) is 27.1 Å². The third-order valence-corrected chi connectivity index (χ3v) is 6.27. The smallest absolute Gasteiger partial charge is 0.266 e. The van der Waals surface area contributed by atoms with Crippen molar-refractivity contribution >= 4 is 34.1 Å². The average molecular weight is 539 g/mol. The van der Waals surface area contributed by atoms with Crippen LogP contribution >= 0.6 is 0 Å². The number of benzene rings is 2. The van der Waals surface area contributed by atoms with Crippen LogP contribution in [0.15, 0.2) is 48.5 Å². The fourth-order valence-corrected chi connectivity index (χ4v) is 4.07. The van der Waals surface area contributed by atoms with Crippen LogP contribution in [0, 0.1) is 12.7 Å². The first-order valence-electron chi connectivity index (χ1n) is 12.1. The minimum Gasteiger partial charge on any atom is -0.481 e. The van der Waals surface area contributed by atoms with Gasteiger partial charge in [-0.05, 0) is 37.3 Å². The summed E-state index contributed by atoms with van der Waals surface area (Å²) in [5, 5.41) is 3.75. The van der Waals surface area contributed by atoms with Crippen LogP contribution < -0.4 is 15.0 Å². The average Bonchev–Trinajstić information content (AvgIpc) is 2.91. The zero-order valence-electron chi connectivity index (χ0n) is 22.3. The van der Waals surface area contributed by atoms with Gasteiger partial charge in [0.15, 0.2) is 0 Å². The van der Waals surface area contributed by atoms with E-state index in [1.165, 1.54) is 24.1 Å². The van der Waals surface area contributed by atoms with Gasteiger partial charge in [-0.2, -0.15) is 4.98 Å². The van der Waals surface area contributed by atoms with E-state index in [9.17, 15) is 18.0 Å². The van der Waals surface area contributed by atoms with Crippen LogP contribution in [-0.2, 0) is 17.8 Å². The molecule has 0 saturated carbocycles. The van der Waals surface area contributed by atoms with E-state index in [1.807, 2.05) is 36.2 Å². The summed E-state index contributed by atoms with van der Waals surface area (Å²) in [6.07, 6.45) is -2.74. The number of hydrogen-bond acceptors (Lipinski definition) is 7. The van der Waals surface area contributed by atoms with E-state index >= 15 is 0 Å². The Bertz CT molecular complexity index is 1510. The molecule has 0 saturated heterocycles. The molecule has 0 bridgehead atoms. The minimum absolute atomic E-state index is 0.0378. The van der Waals surface area contributed by atoms with Gasteiger partial charge in [-0.1, -0.05) is 18.2 Å². The number of aryl methyl sites for hydroxylation is 1. The van der Waals surface area contributed by atoms with E-state index in [0.717, 1.165) is 11.8 Å². The number of fused-ring (bicyclic) bond motifs is 1. The van der Waals surface area contributed by atoms with Crippen molar-refractivity contribution in [3.8, 4) is 5.88 Å². The summed E-state index contributed by atoms with van der Waals surface area (Å²) in [6, 6.07) is 13.1. The van der Waals surface area contributed by atoms with E-state index in [4.69, 9.17) is 4.74 Å². The summed E-state index contributed by atoms with van der Waals surface area (Å²) in [6.45, 7) is 1.70. The molecule has 11 heteroatoms. The summed E-state index contributed by atoms with van der Waals surface area (Å²) in [5.41, 5.74) is 1.56. The Labute approximate surface area is 224 Å². The van der Waals surface area contributed by atoms with E-state index in [0.29, 0.717) is 39.8 Å². The molecule has 0 atom stereocenters. The Hall–Kier alpha value is -4.41. The first kappa shape index (κ1) is 27.6. The zero-order valence-corrected chi connectivity index (χ0v) is 22.3. The van der Waals surface area contributed by atoms with Gasteiger partial charge in [0.2, 0.25) is 11.8 Å². The second-order valence-corrected chi connectivity index (χ2v) is 9.16. The molecule has 4 rings (SSSR count). The molecule has 204 valence electrons. The molecule has 0 unspecified atom stereocenters. The Balaban J connectivity index is 1.64. The number of amides is 1. The van der Waals surface area contributed by atoms with Crippen LogP contribution in [-0.4, -0.2) is 54.0 Å². The fraction of sp³-hybridized carbons (Fsp3) is 0.286. The third kappa shape index (κ3) is 6.02. The maximum Gasteiger partial charge on any atom is 0.266 e. The maximum absolute atomic E-state index is 14.6. The molecule has 0 aliphatic heterocycles. The van der Waals surface area contributed by atoms with Crippen LogP contribution in [0.2, 0.25) is 0 Å². The molecule has 0 aliphatic rings. The van der Waals surface area contributed by atoms with Crippen molar-refractivity contribution in [1.29, 1.82) is 0 Å². The molecule has 0 spiro atoms. The first-order chi connectivity index (χ1) is 18.6. The lowest BCUT2D eigenvalue weighted by Gasteiger charge is -2.21. The summed E-state index contributed by atoms with van der Waals surface area (Å²) in [5.74, 6) is 0.873. The molecule has 0 fully saturated rings. The van der Waals surface area contributed by atoms with Crippen LogP contribution in [0.3, 0.4) is 0 Å². The number of carbonyl (C=O) groups excluding carboxylic acids is 1. The van der Waals surface area contributed by atoms with Crippen molar-refractivity contribution < 1.29 is 22.7 Å². The van der Waals surface area contributed by atoms with Gasteiger partial charge in [-0.15, -0.1) is 0 Å². The van der Waals surface area contributed by atoms with Crippen LogP contribution in [0.1, 0.15) is 28.9 Å². The van der Waals surface area contributed by atoms with Gasteiger partial charge in [-0.3, -0.25) is 4.79 Å². The van der Waals surface area contributed by atoms with Gasteiger partial charge in [0.05, 0.1) is 24.6 Å². The minimum atomic E-state index is -2.90. The largest absolute Gasteiger partial charge is 0.481 e. The first-order valence-corrected chi connectivity index (χ1v) is 12.1. The molecule has 2 heterocycles. The number of hydrogen-bond donors (Lipinski definition) is 1. The summed E-state index contributed by atoms with van der Waals surface area (Å²) in [7, 11) is 6.72. The monoisotopic (exact) mass is 538 g/mol. The SMILES string of the molecule is COc1nc(N(C)c2ccc3nc(C)nc(NCc4cccc(C(F)F)c4F)c3c2)ccc1CC(=O)N(C)C. The van der Waals surface area contributed by atoms with Crippen molar-refractivity contribution in [2.45, 2.75) is 26.3 Å². The predicted octanol–water partition coefficient (Wildman–Crippen LogP) is 5.43. The highest BCUT2D eigenvalue weighted by Gasteiger charge is 2.18. The van der Waals surface area contributed by atoms with Crippen LogP contribution in [0.4, 0.5) is 30.5 Å². The highest BCUT2D eigenvalue weighted by atomic mass is 19.3. The number of rotatable bonds is 9. The van der Waals surface area contributed by atoms with Crippen molar-refractivity contribution in [3.05, 3.63) is 76.9 Å². The van der Waals surface area contributed by atoms with Crippen molar-refractivity contribution in [2.75, 3.05) is 38.5 Å². The molecule has 2 aromatic carbocycles. The third-order valence-electron chi connectivity index (χ3n) is 6.27. The summed E-state index contributed by atoms with van der Waals surface area (Å²) >= 11 is 0. The quantitative estimate of drug-likeness (QED) is 0.304. The van der Waals surface area contributed by atoms with Gasteiger partial charge < -0.3 is 19.9 Å². The van der Waals surface area contributed by atoms with Crippen molar-refractivity contribution in [3.63, 3.8) is 0 Å². The number of anilines is 3. The van der Waals surface area contributed by atoms with Gasteiger partial charge in [0, 0.05) is 49.9 Å². The number of carbonyl (C=O) groups is 1. The molecule has 1 N–H and O–H groups in total. The Morgan fingerprint density at radius 3 is 2.49 bits per heavy atom. The van der Waals surface area contributed by atoms with Crippen LogP contribution in [0.25, 0.3) is 10.9 Å². The lowest BCUT2D eigenvalue weighted by molar-refractivity contribution is -0.128. The maximum atomic E-state index is 14.6. The number of alkyl halides is 2. The number of nitrogens with one attached hydrogen (secondary N) is 1. The van der Waals surface area contributed by atoms with E-state index < -0.39 is 17.8 Å². The topological polar surface area (TPSA) is 83.5 Å². The number of methoxy groups -OCH3 is 1. The number of ether oxygens (including phenoxy) is 1. The molecule has 4 aromatic rings. The normalized spacial score (nSPS) is 11.1. The molecule has 0 aliphatic carbocycles. The standard InChI is InChI=1S/C28H29F3N6O2/c1-16-33-22-11-10-19(37(4)23-12-9-17(28(35-23)39-5)13-24(38)36(2)3)14-21(22)27(34-16)32-15-18-7-6-8-20(25(18)29)26(30)31/h6-12,14,26H,13,15H2,1-5H3,(H,32,33,34). The number of nitrogens with zero attached hydrogens (tertiary/aromatic N) is 5. The molecule has 39 heavy (non-hydrogen) atoms. The number of pyridine rings is 1. The lowest BCUT2D eigenvalue weighted by Crippen LogP contribution is -2.24. The van der Waals surface area contributed by atoms with Crippen LogP contribution in [0.5, 0.6) is 5.88 Å². The van der Waals surface area contributed by atoms with Crippen molar-refractivity contribution in [2.24, 2.45) is 0 Å². The molecule has 0 radical (unpaired) electrons. The zero-order chi connectivity index (χ0) is 28.3. The van der Waals surface area contributed by atoms with E-state index in [2.05, 4.69) is 20.3 Å². The second kappa shape index (κ2) is 11.5. The highest BCUT2D eigenvalue weighted by Crippen LogP contribution is 2.31. The molecule has 2 aromatic heterocycles. The Kier molecular flexibility index (Phi) is 8.18. The number of likely N-dealkylation sites (N-methyl/N-ethyl adjacent to an activating group) is 1. The Morgan fingerprint density at radius 2 is 1.79 bits per heavy atom. The molecule has 8 nitrogen and oxygen atoms in total. The van der Waals surface area contributed by atoms with Gasteiger partial charge in [-0.25, -0.2) is 23.1 Å². The molecular formula is C28H29F3N6O2. The predicted molar refractivity (Wildman–Crippen MR) is 144 cm³/mol. The summed E-state index contributed by atoms with van der Waals surface area (Å²) in [4.78, 5) is 29.1. The van der Waals surface area contributed by atoms with Crippen molar-refractivity contribution in [1.82, 2.24) is 19.9 Å². The fourth-order valence-electron chi connectivity index (χ4n) is 4.07. The molecular weight excluding hydrogens is 509 g/mol. The highest BCUT2D eigenvalue weighted by molar-refractivity contribution is 5.92. The lowest BCUT2D eigenvalue weighted by atomic mass is 10.1.